The van der Waals surface area contributed by atoms with Crippen molar-refractivity contribution in [1.29, 1.82) is 0 Å². The molecule has 0 bridgehead atoms. The van der Waals surface area contributed by atoms with Crippen molar-refractivity contribution in [3.63, 3.8) is 0 Å². The van der Waals surface area contributed by atoms with Crippen LogP contribution in [0, 0.1) is 0 Å². The molecule has 7 heteroatoms. The Morgan fingerprint density at radius 1 is 1.04 bits per heavy atom. The number of nitrogens with one attached hydrogen (secondary N) is 1. The molecule has 1 atom stereocenters. The van der Waals surface area contributed by atoms with Gasteiger partial charge in [0.05, 0.1) is 7.11 Å². The van der Waals surface area contributed by atoms with E-state index >= 15 is 0 Å². The van der Waals surface area contributed by atoms with Gasteiger partial charge in [-0.25, -0.2) is 4.79 Å². The lowest BCUT2D eigenvalue weighted by atomic mass is 10.1. The fraction of sp³-hybridized carbons (Fsp3) is 0.125. The van der Waals surface area contributed by atoms with Crippen LogP contribution in [0.3, 0.4) is 0 Å². The van der Waals surface area contributed by atoms with Gasteiger partial charge in [-0.1, -0.05) is 30.3 Å². The van der Waals surface area contributed by atoms with Crippen molar-refractivity contribution in [2.45, 2.75) is 6.04 Å². The summed E-state index contributed by atoms with van der Waals surface area (Å²) in [6.07, 6.45) is 0. The van der Waals surface area contributed by atoms with Crippen LogP contribution in [0.2, 0.25) is 0 Å². The summed E-state index contributed by atoms with van der Waals surface area (Å²) in [6, 6.07) is 9.36. The second-order valence-corrected chi connectivity index (χ2v) is 4.70. The molecule has 23 heavy (non-hydrogen) atoms. The van der Waals surface area contributed by atoms with E-state index in [-0.39, 0.29) is 5.56 Å². The minimum absolute atomic E-state index is 0.123. The first-order valence-electron chi connectivity index (χ1n) is 6.62. The average molecular weight is 317 g/mol. The number of hydrogen-bond donors (Lipinski definition) is 4. The van der Waals surface area contributed by atoms with Crippen molar-refractivity contribution >= 4 is 11.9 Å². The zero-order valence-corrected chi connectivity index (χ0v) is 12.2. The Labute approximate surface area is 131 Å². The summed E-state index contributed by atoms with van der Waals surface area (Å²) in [6.45, 7) is 0. The maximum absolute atomic E-state index is 12.2. The van der Waals surface area contributed by atoms with E-state index in [1.807, 2.05) is 0 Å². The number of carbonyl (C=O) groups excluding carboxylic acids is 2. The molecule has 4 N–H and O–H groups in total. The number of methoxy groups -OCH3 is 1. The van der Waals surface area contributed by atoms with Gasteiger partial charge in [0, 0.05) is 5.56 Å². The third kappa shape index (κ3) is 3.52. The van der Waals surface area contributed by atoms with Crippen molar-refractivity contribution < 1.29 is 29.6 Å². The Hall–Kier alpha value is -3.22. The van der Waals surface area contributed by atoms with Gasteiger partial charge in [-0.15, -0.1) is 0 Å². The van der Waals surface area contributed by atoms with Crippen molar-refractivity contribution in [1.82, 2.24) is 5.32 Å². The van der Waals surface area contributed by atoms with E-state index in [4.69, 9.17) is 0 Å². The van der Waals surface area contributed by atoms with Gasteiger partial charge in [-0.05, 0) is 17.7 Å². The third-order valence-electron chi connectivity index (χ3n) is 3.18. The van der Waals surface area contributed by atoms with Crippen LogP contribution in [-0.2, 0) is 9.53 Å². The van der Waals surface area contributed by atoms with E-state index in [2.05, 4.69) is 10.1 Å². The number of hydrogen-bond acceptors (Lipinski definition) is 6. The largest absolute Gasteiger partial charge is 0.504 e. The monoisotopic (exact) mass is 317 g/mol. The van der Waals surface area contributed by atoms with Crippen LogP contribution in [0.15, 0.2) is 42.5 Å². The third-order valence-corrected chi connectivity index (χ3v) is 3.18. The van der Waals surface area contributed by atoms with Gasteiger partial charge < -0.3 is 25.4 Å². The van der Waals surface area contributed by atoms with Crippen LogP contribution in [0.4, 0.5) is 0 Å². The van der Waals surface area contributed by atoms with Crippen LogP contribution in [-0.4, -0.2) is 34.3 Å². The lowest BCUT2D eigenvalue weighted by molar-refractivity contribution is -0.143. The van der Waals surface area contributed by atoms with Gasteiger partial charge in [-0.3, -0.25) is 4.79 Å². The molecule has 2 rings (SSSR count). The number of phenols is 3. The highest BCUT2D eigenvalue weighted by molar-refractivity contribution is 5.98. The lowest BCUT2D eigenvalue weighted by Crippen LogP contribution is -2.34. The first-order valence-corrected chi connectivity index (χ1v) is 6.62. The molecule has 2 aromatic rings. The van der Waals surface area contributed by atoms with Gasteiger partial charge >= 0.3 is 5.97 Å². The fourth-order valence-corrected chi connectivity index (χ4v) is 1.99. The Balaban J connectivity index is 2.30. The van der Waals surface area contributed by atoms with E-state index in [9.17, 15) is 24.9 Å². The van der Waals surface area contributed by atoms with Gasteiger partial charge in [0.15, 0.2) is 23.3 Å². The topological polar surface area (TPSA) is 116 Å². The maximum atomic E-state index is 12.2. The van der Waals surface area contributed by atoms with Crippen LogP contribution in [0.1, 0.15) is 22.0 Å². The Morgan fingerprint density at radius 2 is 1.61 bits per heavy atom. The predicted octanol–water partition coefficient (Wildman–Crippen LogP) is 1.45. The number of carbonyl (C=O) groups is 2. The molecule has 0 heterocycles. The molecule has 0 fully saturated rings. The van der Waals surface area contributed by atoms with Crippen LogP contribution < -0.4 is 5.32 Å². The van der Waals surface area contributed by atoms with Crippen molar-refractivity contribution in [2.24, 2.45) is 0 Å². The second kappa shape index (κ2) is 6.69. The Bertz CT molecular complexity index is 706. The molecule has 7 nitrogen and oxygen atoms in total. The summed E-state index contributed by atoms with van der Waals surface area (Å²) in [5.74, 6) is -3.42. The summed E-state index contributed by atoms with van der Waals surface area (Å²) in [7, 11) is 1.20. The molecular formula is C16H15NO6. The molecule has 0 saturated carbocycles. The van der Waals surface area contributed by atoms with Gasteiger partial charge in [0.2, 0.25) is 0 Å². The van der Waals surface area contributed by atoms with E-state index in [1.165, 1.54) is 7.11 Å². The highest BCUT2D eigenvalue weighted by Crippen LogP contribution is 2.35. The van der Waals surface area contributed by atoms with Gasteiger partial charge in [0.25, 0.3) is 5.91 Å². The Kier molecular flexibility index (Phi) is 4.70. The predicted molar refractivity (Wildman–Crippen MR) is 80.1 cm³/mol. The first kappa shape index (κ1) is 16.2. The minimum atomic E-state index is -1.05. The first-order chi connectivity index (χ1) is 10.9. The summed E-state index contributed by atoms with van der Waals surface area (Å²) in [5.41, 5.74) is 0.391. The van der Waals surface area contributed by atoms with E-state index < -0.39 is 35.2 Å². The van der Waals surface area contributed by atoms with Crippen molar-refractivity contribution in [2.75, 3.05) is 7.11 Å². The molecule has 0 spiro atoms. The summed E-state index contributed by atoms with van der Waals surface area (Å²) in [4.78, 5) is 24.1. The smallest absolute Gasteiger partial charge is 0.333 e. The minimum Gasteiger partial charge on any atom is -0.504 e. The SMILES string of the molecule is COC(=O)C(NC(=O)c1cc(O)c(O)c(O)c1)c1ccccc1. The number of benzene rings is 2. The van der Waals surface area contributed by atoms with Gasteiger partial charge in [-0.2, -0.15) is 0 Å². The zero-order valence-electron chi connectivity index (χ0n) is 12.2. The number of rotatable bonds is 4. The zero-order chi connectivity index (χ0) is 17.0. The summed E-state index contributed by atoms with van der Waals surface area (Å²) < 4.78 is 4.68. The lowest BCUT2D eigenvalue weighted by Gasteiger charge is -2.17. The van der Waals surface area contributed by atoms with E-state index in [0.717, 1.165) is 12.1 Å². The number of phenolic OH excluding ortho intramolecular Hbond substituents is 3. The summed E-state index contributed by atoms with van der Waals surface area (Å²) in [5, 5.41) is 30.7. The molecule has 0 aliphatic carbocycles. The normalized spacial score (nSPS) is 11.5. The van der Waals surface area contributed by atoms with E-state index in [1.54, 1.807) is 30.3 Å². The van der Waals surface area contributed by atoms with E-state index in [0.29, 0.717) is 5.56 Å². The molecule has 0 aliphatic rings. The molecule has 0 saturated heterocycles. The molecule has 1 amide bonds. The van der Waals surface area contributed by atoms with Crippen LogP contribution in [0.25, 0.3) is 0 Å². The number of ether oxygens (including phenoxy) is 1. The molecular weight excluding hydrogens is 302 g/mol. The average Bonchev–Trinajstić information content (AvgIpc) is 2.56. The van der Waals surface area contributed by atoms with Crippen LogP contribution >= 0.6 is 0 Å². The molecule has 0 aliphatic heterocycles. The molecule has 1 unspecified atom stereocenters. The fourth-order valence-electron chi connectivity index (χ4n) is 1.99. The van der Waals surface area contributed by atoms with Crippen molar-refractivity contribution in [3.8, 4) is 17.2 Å². The van der Waals surface area contributed by atoms with Crippen LogP contribution in [0.5, 0.6) is 17.2 Å². The highest BCUT2D eigenvalue weighted by atomic mass is 16.5. The molecule has 0 aromatic heterocycles. The number of amides is 1. The molecule has 2 aromatic carbocycles. The number of esters is 1. The maximum Gasteiger partial charge on any atom is 0.333 e. The van der Waals surface area contributed by atoms with Crippen molar-refractivity contribution in [3.05, 3.63) is 53.6 Å². The number of aromatic hydroxyl groups is 3. The van der Waals surface area contributed by atoms with Gasteiger partial charge in [0.1, 0.15) is 0 Å². The quantitative estimate of drug-likeness (QED) is 0.501. The Morgan fingerprint density at radius 3 is 2.13 bits per heavy atom. The molecule has 120 valence electrons. The molecule has 0 radical (unpaired) electrons. The highest BCUT2D eigenvalue weighted by Gasteiger charge is 2.24. The second-order valence-electron chi connectivity index (χ2n) is 4.70. The standard InChI is InChI=1S/C16H15NO6/c1-23-16(22)13(9-5-3-2-4-6-9)17-15(21)10-7-11(18)14(20)12(19)8-10/h2-8,13,18-20H,1H3,(H,17,21). The summed E-state index contributed by atoms with van der Waals surface area (Å²) >= 11 is 0.